The zero-order valence-electron chi connectivity index (χ0n) is 6.97. The maximum absolute atomic E-state index is 6.62. The van der Waals surface area contributed by atoms with Crippen LogP contribution in [0.15, 0.2) is 4.99 Å². The van der Waals surface area contributed by atoms with Crippen LogP contribution < -0.4 is 0 Å². The number of alkyl halides is 1. The summed E-state index contributed by atoms with van der Waals surface area (Å²) >= 11 is 2.22. The summed E-state index contributed by atoms with van der Waals surface area (Å²) in [5.74, 6) is 0. The van der Waals surface area contributed by atoms with E-state index in [2.05, 4.69) is 52.6 Å². The van der Waals surface area contributed by atoms with Gasteiger partial charge < -0.3 is 4.90 Å². The zero-order valence-corrected chi connectivity index (χ0v) is 9.13. The lowest BCUT2D eigenvalue weighted by Crippen LogP contribution is -2.13. The summed E-state index contributed by atoms with van der Waals surface area (Å²) in [6.45, 7) is 1.09. The van der Waals surface area contributed by atoms with Crippen molar-refractivity contribution in [1.82, 2.24) is 4.90 Å². The first kappa shape index (κ1) is 11.1. The highest BCUT2D eigenvalue weighted by Gasteiger charge is 1.99. The summed E-state index contributed by atoms with van der Waals surface area (Å²) in [7, 11) is 4.12. The molecule has 0 fully saturated rings. The van der Waals surface area contributed by atoms with Crippen molar-refractivity contribution in [1.29, 1.82) is 5.41 Å². The molecule has 64 valence electrons. The van der Waals surface area contributed by atoms with Crippen molar-refractivity contribution in [2.75, 3.05) is 20.6 Å². The molecule has 0 aromatic heterocycles. The third kappa shape index (κ3) is 7.97. The fourth-order valence-electron chi connectivity index (χ4n) is 0.711. The third-order valence-corrected chi connectivity index (χ3v) is 2.15. The predicted octanol–water partition coefficient (Wildman–Crippen LogP) is 1.84. The van der Waals surface area contributed by atoms with Crippen LogP contribution in [0.25, 0.3) is 0 Å². The van der Waals surface area contributed by atoms with Gasteiger partial charge in [0.05, 0.1) is 6.01 Å². The standard InChI is InChI=1S/C7H14IN3/c1-11(2)5-3-4-7(8)10-6-9/h7,9H,3-5H2,1-2H3. The van der Waals surface area contributed by atoms with Crippen molar-refractivity contribution in [3.05, 3.63) is 0 Å². The monoisotopic (exact) mass is 267 g/mol. The second-order valence-electron chi connectivity index (χ2n) is 2.62. The number of hydrogen-bond donors (Lipinski definition) is 1. The summed E-state index contributed by atoms with van der Waals surface area (Å²) in [6, 6.07) is 2.06. The molecule has 0 radical (unpaired) electrons. The van der Waals surface area contributed by atoms with Gasteiger partial charge in [0.15, 0.2) is 0 Å². The van der Waals surface area contributed by atoms with E-state index in [1.54, 1.807) is 0 Å². The van der Waals surface area contributed by atoms with Crippen LogP contribution in [-0.2, 0) is 0 Å². The Kier molecular flexibility index (Phi) is 6.80. The molecule has 1 unspecified atom stereocenters. The predicted molar refractivity (Wildman–Crippen MR) is 55.8 cm³/mol. The van der Waals surface area contributed by atoms with E-state index in [-0.39, 0.29) is 4.05 Å². The van der Waals surface area contributed by atoms with Crippen LogP contribution in [0.2, 0.25) is 0 Å². The smallest absolute Gasteiger partial charge is 0.112 e. The van der Waals surface area contributed by atoms with Crippen LogP contribution in [0.5, 0.6) is 0 Å². The Bertz CT molecular complexity index is 141. The highest BCUT2D eigenvalue weighted by atomic mass is 127. The van der Waals surface area contributed by atoms with Gasteiger partial charge in [-0.1, -0.05) is 22.6 Å². The molecule has 0 spiro atoms. The summed E-state index contributed by atoms with van der Waals surface area (Å²) < 4.78 is 0.227. The van der Waals surface area contributed by atoms with E-state index in [1.807, 2.05) is 0 Å². The number of halogens is 1. The van der Waals surface area contributed by atoms with Gasteiger partial charge in [0.25, 0.3) is 0 Å². The number of aliphatic imine (C=N–C) groups is 1. The molecular formula is C7H14IN3. The quantitative estimate of drug-likeness (QED) is 0.351. The second kappa shape index (κ2) is 6.76. The summed E-state index contributed by atoms with van der Waals surface area (Å²) in [5, 5.41) is 6.62. The molecule has 3 nitrogen and oxygen atoms in total. The van der Waals surface area contributed by atoms with Crippen molar-refractivity contribution in [3.63, 3.8) is 0 Å². The maximum Gasteiger partial charge on any atom is 0.112 e. The van der Waals surface area contributed by atoms with Crippen LogP contribution in [0.3, 0.4) is 0 Å². The minimum absolute atomic E-state index is 0.227. The van der Waals surface area contributed by atoms with Gasteiger partial charge in [-0.15, -0.1) is 0 Å². The fourth-order valence-corrected chi connectivity index (χ4v) is 1.29. The van der Waals surface area contributed by atoms with E-state index in [9.17, 15) is 0 Å². The first-order valence-electron chi connectivity index (χ1n) is 3.57. The number of nitrogens with one attached hydrogen (secondary N) is 1. The number of hydrogen-bond acceptors (Lipinski definition) is 3. The summed E-state index contributed by atoms with van der Waals surface area (Å²) in [6.07, 6.45) is 2.16. The van der Waals surface area contributed by atoms with Crippen molar-refractivity contribution < 1.29 is 0 Å². The summed E-state index contributed by atoms with van der Waals surface area (Å²) in [5.41, 5.74) is 0. The van der Waals surface area contributed by atoms with Crippen molar-refractivity contribution >= 4 is 28.6 Å². The minimum atomic E-state index is 0.227. The van der Waals surface area contributed by atoms with E-state index in [1.165, 1.54) is 0 Å². The van der Waals surface area contributed by atoms with Crippen LogP contribution in [-0.4, -0.2) is 35.6 Å². The van der Waals surface area contributed by atoms with Crippen LogP contribution in [0.1, 0.15) is 12.8 Å². The molecule has 4 heteroatoms. The van der Waals surface area contributed by atoms with E-state index in [0.29, 0.717) is 0 Å². The Morgan fingerprint density at radius 2 is 2.27 bits per heavy atom. The average Bonchev–Trinajstić information content (AvgIpc) is 1.87. The number of nitrogens with zero attached hydrogens (tertiary/aromatic N) is 2. The molecule has 1 N–H and O–H groups in total. The Morgan fingerprint density at radius 3 is 2.73 bits per heavy atom. The van der Waals surface area contributed by atoms with Crippen LogP contribution in [0, 0.1) is 5.41 Å². The zero-order chi connectivity index (χ0) is 8.69. The molecule has 0 heterocycles. The molecule has 1 atom stereocenters. The van der Waals surface area contributed by atoms with Gasteiger partial charge in [0.1, 0.15) is 4.05 Å². The second-order valence-corrected chi connectivity index (χ2v) is 4.06. The first-order chi connectivity index (χ1) is 5.16. The molecule has 0 aliphatic carbocycles. The van der Waals surface area contributed by atoms with Gasteiger partial charge in [-0.25, -0.2) is 10.4 Å². The minimum Gasteiger partial charge on any atom is -0.309 e. The molecule has 0 aromatic carbocycles. The van der Waals surface area contributed by atoms with Gasteiger partial charge in [-0.05, 0) is 33.5 Å². The molecule has 0 amide bonds. The maximum atomic E-state index is 6.62. The van der Waals surface area contributed by atoms with Crippen molar-refractivity contribution in [2.45, 2.75) is 16.9 Å². The molecular weight excluding hydrogens is 253 g/mol. The molecule has 0 saturated carbocycles. The first-order valence-corrected chi connectivity index (χ1v) is 4.81. The summed E-state index contributed by atoms with van der Waals surface area (Å²) in [4.78, 5) is 5.96. The number of rotatable bonds is 5. The van der Waals surface area contributed by atoms with E-state index >= 15 is 0 Å². The van der Waals surface area contributed by atoms with Crippen LogP contribution >= 0.6 is 22.6 Å². The molecule has 0 bridgehead atoms. The molecule has 0 rings (SSSR count). The van der Waals surface area contributed by atoms with E-state index in [0.717, 1.165) is 19.4 Å². The van der Waals surface area contributed by atoms with Gasteiger partial charge in [0.2, 0.25) is 0 Å². The van der Waals surface area contributed by atoms with Gasteiger partial charge in [0, 0.05) is 0 Å². The van der Waals surface area contributed by atoms with Crippen molar-refractivity contribution in [3.8, 4) is 0 Å². The molecule has 0 aliphatic rings. The Labute approximate surface area is 81.5 Å². The van der Waals surface area contributed by atoms with E-state index < -0.39 is 0 Å². The largest absolute Gasteiger partial charge is 0.309 e. The van der Waals surface area contributed by atoms with Crippen LogP contribution in [0.4, 0.5) is 0 Å². The molecule has 11 heavy (non-hydrogen) atoms. The molecule has 0 aliphatic heterocycles. The lowest BCUT2D eigenvalue weighted by Gasteiger charge is -2.08. The lowest BCUT2D eigenvalue weighted by molar-refractivity contribution is 0.395. The Hall–Kier alpha value is 0.0700. The van der Waals surface area contributed by atoms with Crippen molar-refractivity contribution in [2.24, 2.45) is 4.99 Å². The molecule has 0 aromatic rings. The lowest BCUT2D eigenvalue weighted by atomic mass is 10.3. The third-order valence-electron chi connectivity index (χ3n) is 1.25. The highest BCUT2D eigenvalue weighted by molar-refractivity contribution is 14.1. The topological polar surface area (TPSA) is 39.5 Å². The fraction of sp³-hybridized carbons (Fsp3) is 0.857. The normalized spacial score (nSPS) is 12.7. The van der Waals surface area contributed by atoms with Gasteiger partial charge >= 0.3 is 0 Å². The molecule has 0 saturated heterocycles. The van der Waals surface area contributed by atoms with Gasteiger partial charge in [-0.3, -0.25) is 0 Å². The van der Waals surface area contributed by atoms with Gasteiger partial charge in [-0.2, -0.15) is 0 Å². The van der Waals surface area contributed by atoms with E-state index in [4.69, 9.17) is 5.41 Å². The SMILES string of the molecule is CN(C)CCCC(I)N=C=N. The Morgan fingerprint density at radius 1 is 1.64 bits per heavy atom. The average molecular weight is 267 g/mol. The highest BCUT2D eigenvalue weighted by Crippen LogP contribution is 2.09. The Balaban J connectivity index is 3.31.